The molecular formula is C18H21N. The summed E-state index contributed by atoms with van der Waals surface area (Å²) in [4.78, 5) is 0. The van der Waals surface area contributed by atoms with Crippen LogP contribution in [0.25, 0.3) is 0 Å². The quantitative estimate of drug-likeness (QED) is 0.809. The van der Waals surface area contributed by atoms with Crippen LogP contribution >= 0.6 is 0 Å². The van der Waals surface area contributed by atoms with Crippen molar-refractivity contribution in [3.63, 3.8) is 0 Å². The minimum Gasteiger partial charge on any atom is -0.381 e. The Morgan fingerprint density at radius 3 is 2.68 bits per heavy atom. The summed E-state index contributed by atoms with van der Waals surface area (Å²) in [6, 6.07) is 17.6. The third-order valence-electron chi connectivity index (χ3n) is 3.89. The van der Waals surface area contributed by atoms with E-state index in [0.717, 1.165) is 18.9 Å². The van der Waals surface area contributed by atoms with Crippen LogP contribution in [-0.4, -0.2) is 0 Å². The molecule has 0 spiro atoms. The Kier molecular flexibility index (Phi) is 3.54. The van der Waals surface area contributed by atoms with Crippen molar-refractivity contribution in [2.45, 2.75) is 38.6 Å². The average molecular weight is 251 g/mol. The summed E-state index contributed by atoms with van der Waals surface area (Å²) in [6.45, 7) is 3.13. The molecule has 1 N–H and O–H groups in total. The van der Waals surface area contributed by atoms with E-state index in [1.54, 1.807) is 5.56 Å². The van der Waals surface area contributed by atoms with Gasteiger partial charge in [0.05, 0.1) is 0 Å². The first-order valence-corrected chi connectivity index (χ1v) is 7.27. The number of aryl methyl sites for hydroxylation is 1. The molecule has 0 heterocycles. The lowest BCUT2D eigenvalue weighted by molar-refractivity contribution is 1.03. The summed E-state index contributed by atoms with van der Waals surface area (Å²) >= 11 is 0. The summed E-state index contributed by atoms with van der Waals surface area (Å²) < 4.78 is 0. The number of hydrogen-bond acceptors (Lipinski definition) is 1. The zero-order chi connectivity index (χ0) is 13.1. The van der Waals surface area contributed by atoms with Gasteiger partial charge in [-0.1, -0.05) is 43.3 Å². The van der Waals surface area contributed by atoms with E-state index in [0.29, 0.717) is 0 Å². The van der Waals surface area contributed by atoms with Crippen LogP contribution in [0.4, 0.5) is 5.69 Å². The molecule has 3 rings (SSSR count). The van der Waals surface area contributed by atoms with Crippen LogP contribution < -0.4 is 5.32 Å². The first-order chi connectivity index (χ1) is 9.36. The summed E-state index contributed by atoms with van der Waals surface area (Å²) in [5.41, 5.74) is 5.61. The molecule has 0 radical (unpaired) electrons. The van der Waals surface area contributed by atoms with Crippen LogP contribution in [0, 0.1) is 0 Å². The Bertz CT molecular complexity index is 555. The second kappa shape index (κ2) is 5.48. The minimum absolute atomic E-state index is 0.819. The molecule has 0 bridgehead atoms. The molecule has 1 saturated carbocycles. The standard InChI is InChI=1S/C18H21N/c1-2-14-6-5-8-17(12-14)19-13-16-7-3-4-9-18(16)15-10-11-15/h3-9,12,15,19H,2,10-11,13H2,1H3. The highest BCUT2D eigenvalue weighted by atomic mass is 14.9. The molecule has 0 atom stereocenters. The van der Waals surface area contributed by atoms with E-state index in [4.69, 9.17) is 0 Å². The first kappa shape index (κ1) is 12.3. The van der Waals surface area contributed by atoms with Crippen LogP contribution in [0.2, 0.25) is 0 Å². The van der Waals surface area contributed by atoms with E-state index in [1.165, 1.54) is 29.7 Å². The van der Waals surface area contributed by atoms with Gasteiger partial charge >= 0.3 is 0 Å². The first-order valence-electron chi connectivity index (χ1n) is 7.27. The van der Waals surface area contributed by atoms with Gasteiger partial charge in [-0.15, -0.1) is 0 Å². The second-order valence-electron chi connectivity index (χ2n) is 5.38. The second-order valence-corrected chi connectivity index (χ2v) is 5.38. The van der Waals surface area contributed by atoms with Gasteiger partial charge in [-0.3, -0.25) is 0 Å². The number of hydrogen-bond donors (Lipinski definition) is 1. The molecule has 0 aromatic heterocycles. The topological polar surface area (TPSA) is 12.0 Å². The SMILES string of the molecule is CCc1cccc(NCc2ccccc2C2CC2)c1. The summed E-state index contributed by atoms with van der Waals surface area (Å²) in [5, 5.41) is 3.56. The van der Waals surface area contributed by atoms with Crippen molar-refractivity contribution >= 4 is 5.69 Å². The van der Waals surface area contributed by atoms with Crippen molar-refractivity contribution in [2.75, 3.05) is 5.32 Å². The molecule has 98 valence electrons. The highest BCUT2D eigenvalue weighted by Gasteiger charge is 2.25. The van der Waals surface area contributed by atoms with Crippen molar-refractivity contribution in [3.8, 4) is 0 Å². The average Bonchev–Trinajstić information content (AvgIpc) is 3.30. The van der Waals surface area contributed by atoms with Crippen molar-refractivity contribution in [1.29, 1.82) is 0 Å². The van der Waals surface area contributed by atoms with E-state index >= 15 is 0 Å². The van der Waals surface area contributed by atoms with E-state index in [2.05, 4.69) is 60.8 Å². The van der Waals surface area contributed by atoms with Crippen molar-refractivity contribution < 1.29 is 0 Å². The summed E-state index contributed by atoms with van der Waals surface area (Å²) in [6.07, 6.45) is 3.82. The predicted molar refractivity (Wildman–Crippen MR) is 81.6 cm³/mol. The Labute approximate surface area is 115 Å². The van der Waals surface area contributed by atoms with Gasteiger partial charge in [0.15, 0.2) is 0 Å². The maximum absolute atomic E-state index is 3.56. The molecule has 0 amide bonds. The maximum Gasteiger partial charge on any atom is 0.0403 e. The zero-order valence-corrected chi connectivity index (χ0v) is 11.5. The van der Waals surface area contributed by atoms with Gasteiger partial charge in [-0.05, 0) is 54.0 Å². The highest BCUT2D eigenvalue weighted by molar-refractivity contribution is 5.47. The lowest BCUT2D eigenvalue weighted by Gasteiger charge is -2.11. The van der Waals surface area contributed by atoms with Crippen molar-refractivity contribution in [3.05, 3.63) is 65.2 Å². The molecular weight excluding hydrogens is 230 g/mol. The molecule has 1 aliphatic carbocycles. The summed E-state index contributed by atoms with van der Waals surface area (Å²) in [7, 11) is 0. The van der Waals surface area contributed by atoms with Crippen LogP contribution in [0.5, 0.6) is 0 Å². The number of nitrogens with one attached hydrogen (secondary N) is 1. The Morgan fingerprint density at radius 1 is 1.05 bits per heavy atom. The zero-order valence-electron chi connectivity index (χ0n) is 11.5. The molecule has 1 fully saturated rings. The van der Waals surface area contributed by atoms with E-state index in [9.17, 15) is 0 Å². The molecule has 19 heavy (non-hydrogen) atoms. The van der Waals surface area contributed by atoms with Crippen molar-refractivity contribution in [2.24, 2.45) is 0 Å². The van der Waals surface area contributed by atoms with Gasteiger partial charge in [0.1, 0.15) is 0 Å². The molecule has 1 heteroatoms. The van der Waals surface area contributed by atoms with Crippen molar-refractivity contribution in [1.82, 2.24) is 0 Å². The highest BCUT2D eigenvalue weighted by Crippen LogP contribution is 2.41. The number of benzene rings is 2. The lowest BCUT2D eigenvalue weighted by atomic mass is 10.0. The maximum atomic E-state index is 3.56. The largest absolute Gasteiger partial charge is 0.381 e. The third-order valence-corrected chi connectivity index (χ3v) is 3.89. The van der Waals surface area contributed by atoms with Gasteiger partial charge in [0, 0.05) is 12.2 Å². The van der Waals surface area contributed by atoms with E-state index < -0.39 is 0 Å². The van der Waals surface area contributed by atoms with Crippen LogP contribution in [-0.2, 0) is 13.0 Å². The third kappa shape index (κ3) is 2.98. The fraction of sp³-hybridized carbons (Fsp3) is 0.333. The predicted octanol–water partition coefficient (Wildman–Crippen LogP) is 4.74. The van der Waals surface area contributed by atoms with Gasteiger partial charge in [0.25, 0.3) is 0 Å². The Hall–Kier alpha value is -1.76. The Morgan fingerprint density at radius 2 is 1.89 bits per heavy atom. The minimum atomic E-state index is 0.819. The van der Waals surface area contributed by atoms with Gasteiger partial charge in [-0.25, -0.2) is 0 Å². The van der Waals surface area contributed by atoms with Gasteiger partial charge in [-0.2, -0.15) is 0 Å². The lowest BCUT2D eigenvalue weighted by Crippen LogP contribution is -2.02. The smallest absolute Gasteiger partial charge is 0.0403 e. The van der Waals surface area contributed by atoms with Crippen LogP contribution in [0.3, 0.4) is 0 Å². The number of anilines is 1. The molecule has 1 aliphatic rings. The van der Waals surface area contributed by atoms with E-state index in [1.807, 2.05) is 0 Å². The molecule has 0 aliphatic heterocycles. The van der Waals surface area contributed by atoms with Crippen LogP contribution in [0.15, 0.2) is 48.5 Å². The fourth-order valence-corrected chi connectivity index (χ4v) is 2.59. The normalized spacial score (nSPS) is 14.4. The van der Waals surface area contributed by atoms with Crippen LogP contribution in [0.1, 0.15) is 42.4 Å². The van der Waals surface area contributed by atoms with Gasteiger partial charge in [0.2, 0.25) is 0 Å². The molecule has 2 aromatic rings. The fourth-order valence-electron chi connectivity index (χ4n) is 2.59. The molecule has 2 aromatic carbocycles. The molecule has 0 saturated heterocycles. The number of rotatable bonds is 5. The molecule has 1 nitrogen and oxygen atoms in total. The monoisotopic (exact) mass is 251 g/mol. The van der Waals surface area contributed by atoms with E-state index in [-0.39, 0.29) is 0 Å². The Balaban J connectivity index is 1.71. The van der Waals surface area contributed by atoms with Gasteiger partial charge < -0.3 is 5.32 Å². The summed E-state index contributed by atoms with van der Waals surface area (Å²) in [5.74, 6) is 0.819. The molecule has 0 unspecified atom stereocenters.